The highest BCUT2D eigenvalue weighted by atomic mass is 19.1. The molecule has 0 atom stereocenters. The number of carbonyl (C=O) groups is 2. The fourth-order valence-corrected chi connectivity index (χ4v) is 4.67. The van der Waals surface area contributed by atoms with Gasteiger partial charge in [0.05, 0.1) is 16.7 Å². The SMILES string of the molecule is CCc1nc2cc(F)c(CN3CCN(c4ccc(C(=O)NN5CCCC5=O)nc4F)CC3)cc2[nH]c1=O. The van der Waals surface area contributed by atoms with Crippen LogP contribution < -0.4 is 15.9 Å². The molecule has 2 fully saturated rings. The standard InChI is InChI=1S/C25H27F2N7O3/c1-2-17-24(36)30-19-12-15(16(26)13-20(19)28-17)14-32-8-10-33(11-9-32)21-6-5-18(29-23(21)27)25(37)31-34-7-3-4-22(34)35/h5-6,12-13H,2-4,7-11,14H2,1H3,(H,30,36)(H,31,37). The molecular weight excluding hydrogens is 484 g/mol. The maximum absolute atomic E-state index is 14.8. The van der Waals surface area contributed by atoms with Crippen LogP contribution in [0.4, 0.5) is 14.5 Å². The number of aromatic nitrogens is 3. The topological polar surface area (TPSA) is 115 Å². The Balaban J connectivity index is 1.22. The largest absolute Gasteiger partial charge is 0.365 e. The van der Waals surface area contributed by atoms with E-state index >= 15 is 0 Å². The minimum Gasteiger partial charge on any atom is -0.365 e. The third-order valence-corrected chi connectivity index (χ3v) is 6.74. The van der Waals surface area contributed by atoms with Crippen molar-refractivity contribution in [3.8, 4) is 0 Å². The number of nitrogens with one attached hydrogen (secondary N) is 2. The van der Waals surface area contributed by atoms with Gasteiger partial charge < -0.3 is 9.88 Å². The average Bonchev–Trinajstić information content (AvgIpc) is 3.29. The molecule has 2 aliphatic heterocycles. The average molecular weight is 512 g/mol. The predicted molar refractivity (Wildman–Crippen MR) is 132 cm³/mol. The van der Waals surface area contributed by atoms with Gasteiger partial charge in [-0.2, -0.15) is 4.39 Å². The second-order valence-corrected chi connectivity index (χ2v) is 9.19. The Morgan fingerprint density at radius 1 is 1.08 bits per heavy atom. The summed E-state index contributed by atoms with van der Waals surface area (Å²) in [5.74, 6) is -1.97. The van der Waals surface area contributed by atoms with Crippen LogP contribution in [0.25, 0.3) is 11.0 Å². The van der Waals surface area contributed by atoms with Crippen molar-refractivity contribution in [1.82, 2.24) is 30.3 Å². The molecule has 0 radical (unpaired) electrons. The lowest BCUT2D eigenvalue weighted by molar-refractivity contribution is -0.129. The number of benzene rings is 1. The van der Waals surface area contributed by atoms with Gasteiger partial charge in [-0.3, -0.25) is 29.7 Å². The quantitative estimate of drug-likeness (QED) is 0.485. The van der Waals surface area contributed by atoms with Crippen molar-refractivity contribution in [2.24, 2.45) is 0 Å². The molecule has 12 heteroatoms. The fourth-order valence-electron chi connectivity index (χ4n) is 4.67. The first-order valence-corrected chi connectivity index (χ1v) is 12.3. The van der Waals surface area contributed by atoms with Crippen molar-refractivity contribution in [3.63, 3.8) is 0 Å². The molecule has 5 rings (SSSR count). The minimum absolute atomic E-state index is 0.107. The smallest absolute Gasteiger partial charge is 0.288 e. The number of pyridine rings is 1. The zero-order chi connectivity index (χ0) is 26.1. The van der Waals surface area contributed by atoms with Crippen LogP contribution in [0.1, 0.15) is 41.5 Å². The second kappa shape index (κ2) is 10.2. The fraction of sp³-hybridized carbons (Fsp3) is 0.400. The van der Waals surface area contributed by atoms with Gasteiger partial charge in [-0.15, -0.1) is 0 Å². The molecule has 2 amide bonds. The van der Waals surface area contributed by atoms with Crippen molar-refractivity contribution >= 4 is 28.5 Å². The summed E-state index contributed by atoms with van der Waals surface area (Å²) in [5, 5.41) is 1.23. The highest BCUT2D eigenvalue weighted by molar-refractivity contribution is 5.94. The summed E-state index contributed by atoms with van der Waals surface area (Å²) in [6.45, 7) is 4.66. The highest BCUT2D eigenvalue weighted by Crippen LogP contribution is 2.22. The highest BCUT2D eigenvalue weighted by Gasteiger charge is 2.25. The van der Waals surface area contributed by atoms with Crippen molar-refractivity contribution in [2.45, 2.75) is 32.7 Å². The molecule has 10 nitrogen and oxygen atoms in total. The van der Waals surface area contributed by atoms with Crippen molar-refractivity contribution in [1.29, 1.82) is 0 Å². The van der Waals surface area contributed by atoms with E-state index in [1.165, 1.54) is 23.2 Å². The molecule has 2 N–H and O–H groups in total. The first kappa shape index (κ1) is 24.8. The van der Waals surface area contributed by atoms with Crippen LogP contribution >= 0.6 is 0 Å². The van der Waals surface area contributed by atoms with Gasteiger partial charge >= 0.3 is 0 Å². The lowest BCUT2D eigenvalue weighted by Gasteiger charge is -2.36. The van der Waals surface area contributed by atoms with Crippen LogP contribution in [0.15, 0.2) is 29.1 Å². The number of hydrogen-bond donors (Lipinski definition) is 2. The lowest BCUT2D eigenvalue weighted by Crippen LogP contribution is -2.46. The van der Waals surface area contributed by atoms with Gasteiger partial charge in [-0.1, -0.05) is 6.92 Å². The van der Waals surface area contributed by atoms with Crippen LogP contribution in [0.3, 0.4) is 0 Å². The summed E-state index contributed by atoms with van der Waals surface area (Å²) in [6.07, 6.45) is 1.50. The van der Waals surface area contributed by atoms with Crippen molar-refractivity contribution < 1.29 is 18.4 Å². The van der Waals surface area contributed by atoms with E-state index in [0.717, 1.165) is 0 Å². The van der Waals surface area contributed by atoms with Crippen LogP contribution in [0.2, 0.25) is 0 Å². The van der Waals surface area contributed by atoms with Crippen molar-refractivity contribution in [3.05, 3.63) is 63.3 Å². The number of halogens is 2. The van der Waals surface area contributed by atoms with Gasteiger partial charge in [-0.25, -0.2) is 14.4 Å². The summed E-state index contributed by atoms with van der Waals surface area (Å²) in [6, 6.07) is 5.90. The molecule has 4 heterocycles. The molecule has 37 heavy (non-hydrogen) atoms. The zero-order valence-electron chi connectivity index (χ0n) is 20.4. The van der Waals surface area contributed by atoms with Gasteiger partial charge in [0.2, 0.25) is 11.9 Å². The summed E-state index contributed by atoms with van der Waals surface area (Å²) in [4.78, 5) is 50.9. The van der Waals surface area contributed by atoms with Gasteiger partial charge in [-0.05, 0) is 31.0 Å². The molecule has 0 aliphatic carbocycles. The van der Waals surface area contributed by atoms with E-state index < -0.39 is 17.7 Å². The van der Waals surface area contributed by atoms with Crippen LogP contribution in [-0.4, -0.2) is 69.4 Å². The summed E-state index contributed by atoms with van der Waals surface area (Å²) in [5.41, 5.74) is 4.08. The minimum atomic E-state index is -0.766. The monoisotopic (exact) mass is 511 g/mol. The summed E-state index contributed by atoms with van der Waals surface area (Å²) >= 11 is 0. The first-order chi connectivity index (χ1) is 17.8. The Morgan fingerprint density at radius 2 is 1.86 bits per heavy atom. The Labute approximate surface area is 211 Å². The molecule has 0 unspecified atom stereocenters. The van der Waals surface area contributed by atoms with Crippen molar-refractivity contribution in [2.75, 3.05) is 37.6 Å². The van der Waals surface area contributed by atoms with Gasteiger partial charge in [0, 0.05) is 57.3 Å². The Morgan fingerprint density at radius 3 is 2.54 bits per heavy atom. The molecule has 2 saturated heterocycles. The van der Waals surface area contributed by atoms with Gasteiger partial charge in [0.1, 0.15) is 17.2 Å². The molecule has 0 spiro atoms. The second-order valence-electron chi connectivity index (χ2n) is 9.19. The molecule has 2 aromatic heterocycles. The van der Waals surface area contributed by atoms with Crippen LogP contribution in [0, 0.1) is 11.8 Å². The number of piperazine rings is 1. The number of nitrogens with zero attached hydrogens (tertiary/aromatic N) is 5. The summed E-state index contributed by atoms with van der Waals surface area (Å²) in [7, 11) is 0. The number of rotatable bonds is 6. The van der Waals surface area contributed by atoms with E-state index in [1.54, 1.807) is 6.07 Å². The number of aromatic amines is 1. The Hall–Kier alpha value is -3.93. The number of amides is 2. The predicted octanol–water partition coefficient (Wildman–Crippen LogP) is 1.75. The van der Waals surface area contributed by atoms with E-state index in [4.69, 9.17) is 0 Å². The molecule has 194 valence electrons. The summed E-state index contributed by atoms with van der Waals surface area (Å²) < 4.78 is 29.6. The van der Waals surface area contributed by atoms with E-state index in [-0.39, 0.29) is 22.8 Å². The number of carbonyl (C=O) groups excluding carboxylic acids is 2. The number of hydrazine groups is 1. The Kier molecular flexibility index (Phi) is 6.83. The molecule has 0 bridgehead atoms. The maximum Gasteiger partial charge on any atom is 0.288 e. The number of H-pyrrole nitrogens is 1. The number of anilines is 1. The number of fused-ring (bicyclic) bond motifs is 1. The first-order valence-electron chi connectivity index (χ1n) is 12.3. The third kappa shape index (κ3) is 5.15. The molecule has 2 aliphatic rings. The van der Waals surface area contributed by atoms with E-state index in [0.29, 0.717) is 80.8 Å². The van der Waals surface area contributed by atoms with Gasteiger partial charge in [0.25, 0.3) is 11.5 Å². The van der Waals surface area contributed by atoms with E-state index in [9.17, 15) is 23.2 Å². The molecule has 3 aromatic rings. The van der Waals surface area contributed by atoms with Gasteiger partial charge in [0.15, 0.2) is 0 Å². The lowest BCUT2D eigenvalue weighted by atomic mass is 10.1. The van der Waals surface area contributed by atoms with E-state index in [2.05, 4.69) is 20.4 Å². The molecule has 0 saturated carbocycles. The van der Waals surface area contributed by atoms with E-state index in [1.807, 2.05) is 16.7 Å². The normalized spacial score (nSPS) is 16.6. The Bertz CT molecular complexity index is 1420. The maximum atomic E-state index is 14.8. The number of hydrogen-bond acceptors (Lipinski definition) is 7. The van der Waals surface area contributed by atoms with Crippen LogP contribution in [-0.2, 0) is 17.8 Å². The number of aryl methyl sites for hydroxylation is 1. The zero-order valence-corrected chi connectivity index (χ0v) is 20.4. The van der Waals surface area contributed by atoms with Crippen LogP contribution in [0.5, 0.6) is 0 Å². The third-order valence-electron chi connectivity index (χ3n) is 6.74. The molecular formula is C25H27F2N7O3. The molecule has 1 aromatic carbocycles.